The molecule has 13 heteroatoms. The van der Waals surface area contributed by atoms with Crippen molar-refractivity contribution in [1.29, 1.82) is 0 Å². The van der Waals surface area contributed by atoms with E-state index in [2.05, 4.69) is 4.74 Å². The first kappa shape index (κ1) is 14.4. The summed E-state index contributed by atoms with van der Waals surface area (Å²) in [7, 11) is -21.9. The van der Waals surface area contributed by atoms with Crippen molar-refractivity contribution >= 4 is 20.4 Å². The van der Waals surface area contributed by atoms with Gasteiger partial charge >= 0.3 is 20.4 Å². The Morgan fingerprint density at radius 3 is 1.53 bits per heavy atom. The Morgan fingerprint density at radius 1 is 0.684 bits per heavy atom. The average molecular weight is 344 g/mol. The molecule has 0 saturated carbocycles. The van der Waals surface area contributed by atoms with Gasteiger partial charge in [0.05, 0.1) is 0 Å². The lowest BCUT2D eigenvalue weighted by atomic mass is 10.4. The predicted molar refractivity (Wildman–Crippen MR) is 49.3 cm³/mol. The van der Waals surface area contributed by atoms with Crippen molar-refractivity contribution < 1.29 is 43.6 Å². The molecule has 0 amide bonds. The molecule has 0 atom stereocenters. The molecular weight excluding hydrogens is 342 g/mol. The number of halogens is 10. The maximum absolute atomic E-state index is 12.5. The smallest absolute Gasteiger partial charge is 0.315 e. The van der Waals surface area contributed by atoms with Gasteiger partial charge in [0.25, 0.3) is 0 Å². The van der Waals surface area contributed by atoms with E-state index in [1.165, 1.54) is 0 Å². The van der Waals surface area contributed by atoms with Gasteiger partial charge in [-0.3, -0.25) is 0 Å². The largest absolute Gasteiger partial charge is 0.448 e. The number of hydrogen-bond donors (Lipinski definition) is 0. The molecular formula is C6H2F10OS2. The van der Waals surface area contributed by atoms with Crippen molar-refractivity contribution in [2.75, 3.05) is 0 Å². The van der Waals surface area contributed by atoms with Crippen LogP contribution in [0.2, 0.25) is 0 Å². The molecule has 0 spiro atoms. The quantitative estimate of drug-likeness (QED) is 0.418. The molecule has 114 valence electrons. The zero-order valence-electron chi connectivity index (χ0n) is 8.16. The van der Waals surface area contributed by atoms with Crippen LogP contribution in [0.3, 0.4) is 0 Å². The van der Waals surface area contributed by atoms with E-state index in [-0.39, 0.29) is 6.07 Å². The molecule has 1 aromatic rings. The maximum Gasteiger partial charge on any atom is 0.315 e. The summed E-state index contributed by atoms with van der Waals surface area (Å²) in [6.07, 6.45) is 0. The van der Waals surface area contributed by atoms with Crippen LogP contribution >= 0.6 is 20.4 Å². The van der Waals surface area contributed by atoms with Crippen LogP contribution in [0.25, 0.3) is 0 Å². The van der Waals surface area contributed by atoms with E-state index in [4.69, 9.17) is 0 Å². The molecule has 0 radical (unpaired) electrons. The fourth-order valence-electron chi connectivity index (χ4n) is 1.36. The van der Waals surface area contributed by atoms with E-state index in [9.17, 15) is 38.9 Å². The van der Waals surface area contributed by atoms with E-state index in [0.29, 0.717) is 0 Å². The second-order valence-electron chi connectivity index (χ2n) is 3.76. The van der Waals surface area contributed by atoms with E-state index in [0.717, 1.165) is 0 Å². The Kier molecular flexibility index (Phi) is 1.71. The van der Waals surface area contributed by atoms with Gasteiger partial charge in [-0.05, 0) is 12.1 Å². The summed E-state index contributed by atoms with van der Waals surface area (Å²) in [5.74, 6) is -2.86. The number of fused-ring (bicyclic) bond motifs is 1. The zero-order valence-corrected chi connectivity index (χ0v) is 9.79. The minimum atomic E-state index is -11.0. The summed E-state index contributed by atoms with van der Waals surface area (Å²) in [5.41, 5.74) is 0. The van der Waals surface area contributed by atoms with Gasteiger partial charge in [-0.15, -0.1) is 0 Å². The molecule has 19 heavy (non-hydrogen) atoms. The predicted octanol–water partition coefficient (Wildman–Crippen LogP) is 7.11. The molecule has 0 unspecified atom stereocenters. The van der Waals surface area contributed by atoms with Crippen molar-refractivity contribution in [3.8, 4) is 11.5 Å². The Labute approximate surface area is 98.1 Å². The van der Waals surface area contributed by atoms with Gasteiger partial charge in [0.2, 0.25) is 0 Å². The van der Waals surface area contributed by atoms with Gasteiger partial charge < -0.3 is 4.74 Å². The highest BCUT2D eigenvalue weighted by Gasteiger charge is 2.77. The van der Waals surface area contributed by atoms with E-state index in [1.54, 1.807) is 0 Å². The fraction of sp³-hybridized carbons (Fsp3) is 0. The molecule has 1 nitrogen and oxygen atoms in total. The Hall–Kier alpha value is -0.980. The highest BCUT2D eigenvalue weighted by atomic mass is 32.5. The highest BCUT2D eigenvalue weighted by Crippen LogP contribution is 3.10. The molecule has 1 aromatic carbocycles. The van der Waals surface area contributed by atoms with Gasteiger partial charge in [0.1, 0.15) is 4.90 Å². The van der Waals surface area contributed by atoms with Gasteiger partial charge in [-0.25, -0.2) is 0 Å². The van der Waals surface area contributed by atoms with Crippen molar-refractivity contribution in [3.05, 3.63) is 12.1 Å². The lowest BCUT2D eigenvalue weighted by molar-refractivity contribution is 0.335. The second-order valence-corrected chi connectivity index (χ2v) is 8.48. The van der Waals surface area contributed by atoms with E-state index < -0.39 is 47.8 Å². The summed E-state index contributed by atoms with van der Waals surface area (Å²) in [6.45, 7) is 0. The molecule has 1 aliphatic heterocycles. The monoisotopic (exact) mass is 344 g/mol. The zero-order chi connectivity index (χ0) is 15.2. The van der Waals surface area contributed by atoms with Crippen LogP contribution in [0, 0.1) is 0 Å². The lowest BCUT2D eigenvalue weighted by Gasteiger charge is -2.47. The summed E-state index contributed by atoms with van der Waals surface area (Å²) < 4.78 is 128. The molecule has 0 N–H and O–H groups in total. The minimum Gasteiger partial charge on any atom is -0.448 e. The van der Waals surface area contributed by atoms with Gasteiger partial charge in [0.15, 0.2) is 16.4 Å². The summed E-state index contributed by atoms with van der Waals surface area (Å²) in [6, 6.07) is -0.629. The third-order valence-electron chi connectivity index (χ3n) is 2.01. The number of benzene rings is 1. The number of rotatable bonds is 2. The molecule has 2 rings (SSSR count). The third-order valence-corrected chi connectivity index (χ3v) is 4.49. The van der Waals surface area contributed by atoms with Crippen LogP contribution in [0.15, 0.2) is 21.9 Å². The molecule has 0 fully saturated rings. The Bertz CT molecular complexity index is 611. The van der Waals surface area contributed by atoms with Crippen molar-refractivity contribution in [2.24, 2.45) is 0 Å². The van der Waals surface area contributed by atoms with Crippen molar-refractivity contribution in [3.63, 3.8) is 0 Å². The minimum absolute atomic E-state index is 0.121. The van der Waals surface area contributed by atoms with Gasteiger partial charge in [-0.2, -0.15) is 0 Å². The Balaban J connectivity index is 2.97. The normalized spacial score (nSPS) is 22.2. The summed E-state index contributed by atoms with van der Waals surface area (Å²) >= 11 is 0. The van der Waals surface area contributed by atoms with Crippen LogP contribution in [-0.2, 0) is 0 Å². The molecule has 0 aliphatic carbocycles. The maximum atomic E-state index is 12.5. The average Bonchev–Trinajstić information content (AvgIpc) is 2.69. The van der Waals surface area contributed by atoms with Crippen molar-refractivity contribution in [1.82, 2.24) is 0 Å². The lowest BCUT2D eigenvalue weighted by Crippen LogP contribution is -2.14. The second kappa shape index (κ2) is 2.25. The first-order chi connectivity index (χ1) is 7.69. The summed E-state index contributed by atoms with van der Waals surface area (Å²) in [5, 5.41) is 0. The number of ether oxygens (including phenoxy) is 1. The fourth-order valence-corrected chi connectivity index (χ4v) is 4.01. The van der Waals surface area contributed by atoms with Crippen LogP contribution in [0.4, 0.5) is 38.9 Å². The third kappa shape index (κ3) is 2.66. The molecule has 1 aliphatic rings. The van der Waals surface area contributed by atoms with Gasteiger partial charge in [0, 0.05) is 0 Å². The summed E-state index contributed by atoms with van der Waals surface area (Å²) in [4.78, 5) is -7.40. The van der Waals surface area contributed by atoms with Crippen molar-refractivity contribution in [2.45, 2.75) is 9.79 Å². The Morgan fingerprint density at radius 2 is 1.16 bits per heavy atom. The first-order valence-electron chi connectivity index (χ1n) is 4.02. The topological polar surface area (TPSA) is 12.5 Å². The molecule has 0 aromatic heterocycles. The number of hydrogen-bond acceptors (Lipinski definition) is 1. The van der Waals surface area contributed by atoms with Crippen LogP contribution in [-0.4, -0.2) is 0 Å². The van der Waals surface area contributed by atoms with E-state index in [1.807, 2.05) is 0 Å². The van der Waals surface area contributed by atoms with Crippen LogP contribution in [0.5, 0.6) is 11.5 Å². The standard InChI is InChI=1S/C6H2F10OS2/c7-18(8,9,10,11)4-2-1-3-5(17-3)6(4)19(12,13,14,15)16/h1-2H. The molecule has 1 heterocycles. The van der Waals surface area contributed by atoms with Crippen LogP contribution < -0.4 is 4.74 Å². The molecule has 0 bridgehead atoms. The SMILES string of the molecule is FS(F)(F)(F)(F)c1ccc2c(c1S(F)(F)(F)(F)F)O2. The first-order valence-corrected chi connectivity index (χ1v) is 7.92. The van der Waals surface area contributed by atoms with Gasteiger partial charge in [-0.1, -0.05) is 38.9 Å². The van der Waals surface area contributed by atoms with E-state index >= 15 is 0 Å². The molecule has 0 saturated heterocycles. The highest BCUT2D eigenvalue weighted by molar-refractivity contribution is 8.48. The van der Waals surface area contributed by atoms with Crippen LogP contribution in [0.1, 0.15) is 0 Å².